The molecule has 6 aromatic rings. The van der Waals surface area contributed by atoms with E-state index >= 15 is 0 Å². The molecule has 2 atom stereocenters. The Morgan fingerprint density at radius 3 is 1.02 bits per heavy atom. The zero-order chi connectivity index (χ0) is 37.1. The Balaban J connectivity index is 1.09. The number of amides is 2. The number of hydrogen-bond donors (Lipinski definition) is 0. The minimum absolute atomic E-state index is 0.0396. The number of anilines is 6. The molecule has 0 aromatic heterocycles. The summed E-state index contributed by atoms with van der Waals surface area (Å²) in [6, 6.07) is 58.2. The van der Waals surface area contributed by atoms with E-state index < -0.39 is 11.8 Å². The van der Waals surface area contributed by atoms with E-state index in [0.717, 1.165) is 88.5 Å². The molecule has 5 nitrogen and oxygen atoms in total. The first-order chi connectivity index (χ1) is 27.2. The summed E-state index contributed by atoms with van der Waals surface area (Å²) in [5, 5.41) is 0. The molecule has 9 rings (SSSR count). The smallest absolute Gasteiger partial charge is 0.238 e. The zero-order valence-electron chi connectivity index (χ0n) is 30.7. The fourth-order valence-corrected chi connectivity index (χ4v) is 8.76. The van der Waals surface area contributed by atoms with Crippen LogP contribution in [-0.4, -0.2) is 22.8 Å². The molecule has 2 unspecified atom stereocenters. The molecule has 270 valence electrons. The molecule has 0 radical (unpaired) electrons. The van der Waals surface area contributed by atoms with E-state index in [2.05, 4.69) is 119 Å². The number of rotatable bonds is 9. The van der Waals surface area contributed by atoms with E-state index in [-0.39, 0.29) is 17.9 Å². The van der Waals surface area contributed by atoms with Gasteiger partial charge in [0.2, 0.25) is 11.8 Å². The van der Waals surface area contributed by atoms with Crippen molar-refractivity contribution in [2.45, 2.75) is 38.1 Å². The predicted molar refractivity (Wildman–Crippen MR) is 224 cm³/mol. The molecule has 0 bridgehead atoms. The summed E-state index contributed by atoms with van der Waals surface area (Å²) in [6.07, 6.45) is 9.17. The third kappa shape index (κ3) is 6.57. The summed E-state index contributed by atoms with van der Waals surface area (Å²) in [6.45, 7) is 0. The summed E-state index contributed by atoms with van der Waals surface area (Å²) in [5.41, 5.74) is 10.0. The molecule has 1 aliphatic heterocycles. The van der Waals surface area contributed by atoms with Gasteiger partial charge in [0.15, 0.2) is 0 Å². The first-order valence-corrected chi connectivity index (χ1v) is 19.5. The summed E-state index contributed by atoms with van der Waals surface area (Å²) in [7, 11) is 0. The van der Waals surface area contributed by atoms with E-state index in [1.54, 1.807) is 4.90 Å². The van der Waals surface area contributed by atoms with Crippen LogP contribution in [0.2, 0.25) is 0 Å². The van der Waals surface area contributed by atoms with Crippen molar-refractivity contribution >= 4 is 57.1 Å². The topological polar surface area (TPSA) is 43.9 Å². The number of likely N-dealkylation sites (tertiary alicyclic amines) is 1. The quantitative estimate of drug-likeness (QED) is 0.140. The lowest BCUT2D eigenvalue weighted by molar-refractivity contribution is -0.142. The minimum atomic E-state index is -0.579. The van der Waals surface area contributed by atoms with Gasteiger partial charge in [0.25, 0.3) is 0 Å². The van der Waals surface area contributed by atoms with Crippen LogP contribution >= 0.6 is 0 Å². The highest BCUT2D eigenvalue weighted by atomic mass is 16.2. The number of benzene rings is 6. The molecular weight excluding hydrogens is 675 g/mol. The molecule has 0 N–H and O–H groups in total. The average molecular weight is 718 g/mol. The summed E-state index contributed by atoms with van der Waals surface area (Å²) >= 11 is 0. The number of nitrogens with zero attached hydrogens (tertiary/aromatic N) is 3. The molecular formula is C50H43N3O2. The molecule has 2 amide bonds. The fraction of sp³-hybridized carbons (Fsp3) is 0.160. The molecule has 1 saturated carbocycles. The number of para-hydroxylation sites is 4. The molecule has 5 heteroatoms. The predicted octanol–water partition coefficient (Wildman–Crippen LogP) is 12.0. The van der Waals surface area contributed by atoms with Crippen LogP contribution in [0.15, 0.2) is 182 Å². The lowest BCUT2D eigenvalue weighted by Crippen LogP contribution is -2.41. The van der Waals surface area contributed by atoms with Gasteiger partial charge in [-0.1, -0.05) is 128 Å². The van der Waals surface area contributed by atoms with Crippen molar-refractivity contribution in [1.82, 2.24) is 4.90 Å². The number of carbonyl (C=O) groups is 2. The van der Waals surface area contributed by atoms with Gasteiger partial charge in [-0.05, 0) is 108 Å². The second-order valence-electron chi connectivity index (χ2n) is 14.6. The second kappa shape index (κ2) is 15.1. The van der Waals surface area contributed by atoms with Crippen molar-refractivity contribution in [3.63, 3.8) is 0 Å². The first kappa shape index (κ1) is 34.3. The van der Waals surface area contributed by atoms with Crippen LogP contribution in [0.5, 0.6) is 0 Å². The Labute approximate surface area is 323 Å². The lowest BCUT2D eigenvalue weighted by atomic mass is 9.74. The third-order valence-corrected chi connectivity index (χ3v) is 11.4. The van der Waals surface area contributed by atoms with Crippen LogP contribution in [0.4, 0.5) is 34.1 Å². The maximum Gasteiger partial charge on any atom is 0.238 e. The average Bonchev–Trinajstić information content (AvgIpc) is 3.52. The van der Waals surface area contributed by atoms with E-state index in [9.17, 15) is 9.59 Å². The van der Waals surface area contributed by atoms with Crippen molar-refractivity contribution in [3.8, 4) is 0 Å². The second-order valence-corrected chi connectivity index (χ2v) is 14.6. The van der Waals surface area contributed by atoms with Crippen LogP contribution in [0, 0.1) is 11.8 Å². The number of fused-ring (bicyclic) bond motifs is 1. The Kier molecular flexibility index (Phi) is 9.43. The van der Waals surface area contributed by atoms with Crippen LogP contribution < -0.4 is 9.80 Å². The summed E-state index contributed by atoms with van der Waals surface area (Å²) in [5.74, 6) is -1.28. The van der Waals surface area contributed by atoms with Crippen LogP contribution in [-0.2, 0) is 9.59 Å². The molecule has 1 heterocycles. The summed E-state index contributed by atoms with van der Waals surface area (Å²) < 4.78 is 0. The van der Waals surface area contributed by atoms with Crippen molar-refractivity contribution in [2.75, 3.05) is 9.80 Å². The third-order valence-electron chi connectivity index (χ3n) is 11.4. The van der Waals surface area contributed by atoms with Gasteiger partial charge in [-0.3, -0.25) is 14.5 Å². The zero-order valence-corrected chi connectivity index (χ0v) is 30.7. The number of carbonyl (C=O) groups excluding carboxylic acids is 2. The van der Waals surface area contributed by atoms with Gasteiger partial charge in [-0.25, -0.2) is 0 Å². The van der Waals surface area contributed by atoms with Gasteiger partial charge < -0.3 is 9.80 Å². The molecule has 2 fully saturated rings. The fourth-order valence-electron chi connectivity index (χ4n) is 8.76. The van der Waals surface area contributed by atoms with Gasteiger partial charge in [0.05, 0.1) is 11.8 Å². The molecule has 1 saturated heterocycles. The molecule has 0 spiro atoms. The largest absolute Gasteiger partial charge is 0.311 e. The minimum Gasteiger partial charge on any atom is -0.311 e. The van der Waals surface area contributed by atoms with Crippen LogP contribution in [0.3, 0.4) is 0 Å². The lowest BCUT2D eigenvalue weighted by Gasteiger charge is -2.30. The van der Waals surface area contributed by atoms with Crippen molar-refractivity contribution in [2.24, 2.45) is 11.8 Å². The van der Waals surface area contributed by atoms with Crippen molar-refractivity contribution in [3.05, 3.63) is 193 Å². The van der Waals surface area contributed by atoms with Gasteiger partial charge in [0.1, 0.15) is 0 Å². The Morgan fingerprint density at radius 2 is 0.691 bits per heavy atom. The Morgan fingerprint density at radius 1 is 0.382 bits per heavy atom. The first-order valence-electron chi connectivity index (χ1n) is 19.5. The number of allylic oxidation sites excluding steroid dienone is 2. The highest BCUT2D eigenvalue weighted by molar-refractivity contribution is 6.16. The molecule has 55 heavy (non-hydrogen) atoms. The van der Waals surface area contributed by atoms with Gasteiger partial charge in [-0.2, -0.15) is 0 Å². The van der Waals surface area contributed by atoms with Gasteiger partial charge >= 0.3 is 0 Å². The maximum absolute atomic E-state index is 14.6. The highest BCUT2D eigenvalue weighted by Crippen LogP contribution is 2.49. The summed E-state index contributed by atoms with van der Waals surface area (Å²) in [4.78, 5) is 35.4. The maximum atomic E-state index is 14.6. The number of hydrogen-bond acceptors (Lipinski definition) is 4. The molecule has 2 aliphatic carbocycles. The van der Waals surface area contributed by atoms with Crippen LogP contribution in [0.25, 0.3) is 11.1 Å². The van der Waals surface area contributed by atoms with Crippen LogP contribution in [0.1, 0.15) is 43.2 Å². The number of imide groups is 1. The highest BCUT2D eigenvalue weighted by Gasteiger charge is 2.54. The molecule has 6 aromatic carbocycles. The monoisotopic (exact) mass is 717 g/mol. The standard InChI is InChI=1S/C50H43N3O2/c54-49-47-45(36-26-30-43(31-27-36)51(38-16-6-1-7-17-38)39-18-8-2-9-19-39)34-35-46(48(47)50(55)53(49)42-24-14-5-15-25-42)37-28-32-44(33-29-37)52(40-20-10-3-11-21-40)41-22-12-4-13-23-41/h1-4,6-13,16-23,26-35,42,47-48H,5,14-15,24-25H2. The SMILES string of the molecule is O=C1C2C(c3ccc(N(c4ccccc4)c4ccccc4)cc3)=CC=C(c3ccc(N(c4ccccc4)c4ccccc4)cc3)C2C(=O)N1C1CCCCC1. The van der Waals surface area contributed by atoms with E-state index in [0.29, 0.717) is 0 Å². The normalized spacial score (nSPS) is 18.4. The van der Waals surface area contributed by atoms with E-state index in [4.69, 9.17) is 0 Å². The van der Waals surface area contributed by atoms with Gasteiger partial charge in [-0.15, -0.1) is 0 Å². The van der Waals surface area contributed by atoms with E-state index in [1.807, 2.05) is 72.8 Å². The van der Waals surface area contributed by atoms with Gasteiger partial charge in [0, 0.05) is 40.2 Å². The van der Waals surface area contributed by atoms with Crippen molar-refractivity contribution < 1.29 is 9.59 Å². The Bertz CT molecular complexity index is 2090. The van der Waals surface area contributed by atoms with E-state index in [1.165, 1.54) is 0 Å². The van der Waals surface area contributed by atoms with Crippen molar-refractivity contribution in [1.29, 1.82) is 0 Å². The Hall–Kier alpha value is -6.46. The molecule has 3 aliphatic rings.